The number of aryl methyl sites for hydroxylation is 1. The minimum Gasteiger partial charge on any atom is -0.378 e. The van der Waals surface area contributed by atoms with E-state index in [1.54, 1.807) is 12.4 Å². The first-order chi connectivity index (χ1) is 8.24. The van der Waals surface area contributed by atoms with Crippen LogP contribution in [0.15, 0.2) is 12.4 Å². The SMILES string of the molecule is Cc1cnc(NC(=O)CCOC2CCC2)cn1. The smallest absolute Gasteiger partial charge is 0.227 e. The molecule has 2 rings (SSSR count). The first-order valence-corrected chi connectivity index (χ1v) is 5.94. The summed E-state index contributed by atoms with van der Waals surface area (Å²) in [6, 6.07) is 0. The van der Waals surface area contributed by atoms with E-state index in [-0.39, 0.29) is 5.91 Å². The highest BCUT2D eigenvalue weighted by Gasteiger charge is 2.17. The van der Waals surface area contributed by atoms with E-state index in [9.17, 15) is 4.79 Å². The molecule has 1 aliphatic rings. The molecule has 1 aromatic rings. The molecular formula is C12H17N3O2. The lowest BCUT2D eigenvalue weighted by molar-refractivity contribution is -0.118. The summed E-state index contributed by atoms with van der Waals surface area (Å²) in [7, 11) is 0. The number of amides is 1. The van der Waals surface area contributed by atoms with Crippen molar-refractivity contribution in [1.29, 1.82) is 0 Å². The van der Waals surface area contributed by atoms with Crippen LogP contribution in [0.2, 0.25) is 0 Å². The van der Waals surface area contributed by atoms with Crippen LogP contribution in [-0.2, 0) is 9.53 Å². The zero-order valence-electron chi connectivity index (χ0n) is 9.98. The third-order valence-electron chi connectivity index (χ3n) is 2.78. The fraction of sp³-hybridized carbons (Fsp3) is 0.583. The molecule has 1 fully saturated rings. The molecule has 5 heteroatoms. The van der Waals surface area contributed by atoms with Crippen molar-refractivity contribution < 1.29 is 9.53 Å². The lowest BCUT2D eigenvalue weighted by atomic mass is 9.96. The number of ether oxygens (including phenoxy) is 1. The van der Waals surface area contributed by atoms with Gasteiger partial charge < -0.3 is 10.1 Å². The van der Waals surface area contributed by atoms with Crippen LogP contribution < -0.4 is 5.32 Å². The second-order valence-corrected chi connectivity index (χ2v) is 4.26. The van der Waals surface area contributed by atoms with Gasteiger partial charge in [-0.3, -0.25) is 9.78 Å². The number of hydrogen-bond donors (Lipinski definition) is 1. The molecule has 0 bridgehead atoms. The van der Waals surface area contributed by atoms with Crippen molar-refractivity contribution in [3.63, 3.8) is 0 Å². The normalized spacial score (nSPS) is 15.4. The van der Waals surface area contributed by atoms with Gasteiger partial charge in [-0.2, -0.15) is 0 Å². The highest BCUT2D eigenvalue weighted by Crippen LogP contribution is 2.21. The Morgan fingerprint density at radius 3 is 2.88 bits per heavy atom. The average molecular weight is 235 g/mol. The van der Waals surface area contributed by atoms with Gasteiger partial charge in [0, 0.05) is 0 Å². The van der Waals surface area contributed by atoms with Crippen molar-refractivity contribution in [2.24, 2.45) is 0 Å². The minimum absolute atomic E-state index is 0.0810. The second kappa shape index (κ2) is 5.72. The van der Waals surface area contributed by atoms with Crippen LogP contribution in [0, 0.1) is 6.92 Å². The van der Waals surface area contributed by atoms with E-state index in [2.05, 4.69) is 15.3 Å². The molecule has 1 N–H and O–H groups in total. The molecule has 0 atom stereocenters. The van der Waals surface area contributed by atoms with Crippen molar-refractivity contribution in [2.75, 3.05) is 11.9 Å². The molecule has 17 heavy (non-hydrogen) atoms. The van der Waals surface area contributed by atoms with Crippen LogP contribution in [0.4, 0.5) is 5.82 Å². The summed E-state index contributed by atoms with van der Waals surface area (Å²) in [6.07, 6.45) is 7.43. The molecular weight excluding hydrogens is 218 g/mol. The van der Waals surface area contributed by atoms with Crippen LogP contribution in [0.3, 0.4) is 0 Å². The van der Waals surface area contributed by atoms with E-state index >= 15 is 0 Å². The predicted molar refractivity (Wildman–Crippen MR) is 63.6 cm³/mol. The number of carbonyl (C=O) groups is 1. The van der Waals surface area contributed by atoms with Gasteiger partial charge in [-0.25, -0.2) is 4.98 Å². The van der Waals surface area contributed by atoms with E-state index < -0.39 is 0 Å². The van der Waals surface area contributed by atoms with Gasteiger partial charge in [-0.05, 0) is 26.2 Å². The van der Waals surface area contributed by atoms with Crippen molar-refractivity contribution in [1.82, 2.24) is 9.97 Å². The Morgan fingerprint density at radius 1 is 1.47 bits per heavy atom. The molecule has 0 aliphatic heterocycles. The summed E-state index contributed by atoms with van der Waals surface area (Å²) in [5.41, 5.74) is 0.830. The monoisotopic (exact) mass is 235 g/mol. The Hall–Kier alpha value is -1.49. The maximum atomic E-state index is 11.5. The molecule has 92 valence electrons. The number of rotatable bonds is 5. The zero-order chi connectivity index (χ0) is 12.1. The van der Waals surface area contributed by atoms with Crippen LogP contribution >= 0.6 is 0 Å². The minimum atomic E-state index is -0.0810. The Labute approximate surface area is 101 Å². The summed E-state index contributed by atoms with van der Waals surface area (Å²) < 4.78 is 5.51. The van der Waals surface area contributed by atoms with Crippen molar-refractivity contribution in [3.05, 3.63) is 18.1 Å². The van der Waals surface area contributed by atoms with Crippen molar-refractivity contribution >= 4 is 11.7 Å². The zero-order valence-corrected chi connectivity index (χ0v) is 9.98. The number of nitrogens with zero attached hydrogens (tertiary/aromatic N) is 2. The van der Waals surface area contributed by atoms with E-state index in [4.69, 9.17) is 4.74 Å². The van der Waals surface area contributed by atoms with Crippen LogP contribution in [0.1, 0.15) is 31.4 Å². The average Bonchev–Trinajstić information content (AvgIpc) is 2.25. The number of aromatic nitrogens is 2. The molecule has 1 amide bonds. The molecule has 0 spiro atoms. The summed E-state index contributed by atoms with van der Waals surface area (Å²) in [5.74, 6) is 0.409. The van der Waals surface area contributed by atoms with E-state index in [0.717, 1.165) is 18.5 Å². The molecule has 0 saturated heterocycles. The highest BCUT2D eigenvalue weighted by atomic mass is 16.5. The largest absolute Gasteiger partial charge is 0.378 e. The molecule has 1 heterocycles. The molecule has 1 aliphatic carbocycles. The van der Waals surface area contributed by atoms with Gasteiger partial charge in [0.2, 0.25) is 5.91 Å². The Morgan fingerprint density at radius 2 is 2.29 bits per heavy atom. The van der Waals surface area contributed by atoms with Gasteiger partial charge >= 0.3 is 0 Å². The maximum Gasteiger partial charge on any atom is 0.227 e. The Bertz CT molecular complexity index is 374. The summed E-state index contributed by atoms with van der Waals surface area (Å²) >= 11 is 0. The number of hydrogen-bond acceptors (Lipinski definition) is 4. The highest BCUT2D eigenvalue weighted by molar-refractivity contribution is 5.89. The lowest BCUT2D eigenvalue weighted by Gasteiger charge is -2.25. The molecule has 1 saturated carbocycles. The fourth-order valence-electron chi connectivity index (χ4n) is 1.52. The van der Waals surface area contributed by atoms with E-state index in [1.165, 1.54) is 6.42 Å². The lowest BCUT2D eigenvalue weighted by Crippen LogP contribution is -2.24. The molecule has 0 radical (unpaired) electrons. The second-order valence-electron chi connectivity index (χ2n) is 4.26. The Balaban J connectivity index is 1.67. The summed E-state index contributed by atoms with van der Waals surface area (Å²) in [4.78, 5) is 19.6. The maximum absolute atomic E-state index is 11.5. The predicted octanol–water partition coefficient (Wildman–Crippen LogP) is 1.68. The summed E-state index contributed by atoms with van der Waals surface area (Å²) in [6.45, 7) is 2.33. The molecule has 0 unspecified atom stereocenters. The first-order valence-electron chi connectivity index (χ1n) is 5.94. The van der Waals surface area contributed by atoms with Crippen molar-refractivity contribution in [3.8, 4) is 0 Å². The Kier molecular flexibility index (Phi) is 4.03. The van der Waals surface area contributed by atoms with Crippen LogP contribution in [0.5, 0.6) is 0 Å². The van der Waals surface area contributed by atoms with Crippen LogP contribution in [0.25, 0.3) is 0 Å². The van der Waals surface area contributed by atoms with Gasteiger partial charge in [0.05, 0.1) is 37.2 Å². The molecule has 5 nitrogen and oxygen atoms in total. The van der Waals surface area contributed by atoms with Crippen molar-refractivity contribution in [2.45, 2.75) is 38.7 Å². The van der Waals surface area contributed by atoms with Gasteiger partial charge in [0.25, 0.3) is 0 Å². The third kappa shape index (κ3) is 3.78. The molecule has 0 aromatic carbocycles. The standard InChI is InChI=1S/C12H17N3O2/c1-9-7-14-11(8-13-9)15-12(16)5-6-17-10-3-2-4-10/h7-8,10H,2-6H2,1H3,(H,14,15,16). The summed E-state index contributed by atoms with van der Waals surface area (Å²) in [5, 5.41) is 2.69. The van der Waals surface area contributed by atoms with Crippen LogP contribution in [-0.4, -0.2) is 28.6 Å². The third-order valence-corrected chi connectivity index (χ3v) is 2.78. The van der Waals surface area contributed by atoms with Gasteiger partial charge in [0.15, 0.2) is 5.82 Å². The number of nitrogens with one attached hydrogen (secondary N) is 1. The quantitative estimate of drug-likeness (QED) is 0.843. The fourth-order valence-corrected chi connectivity index (χ4v) is 1.52. The number of anilines is 1. The van der Waals surface area contributed by atoms with Gasteiger partial charge in [-0.15, -0.1) is 0 Å². The topological polar surface area (TPSA) is 64.1 Å². The molecule has 1 aromatic heterocycles. The van der Waals surface area contributed by atoms with Gasteiger partial charge in [0.1, 0.15) is 0 Å². The first kappa shape index (κ1) is 12.0. The van der Waals surface area contributed by atoms with E-state index in [0.29, 0.717) is 24.9 Å². The number of carbonyl (C=O) groups excluding carboxylic acids is 1. The van der Waals surface area contributed by atoms with Gasteiger partial charge in [-0.1, -0.05) is 0 Å². The van der Waals surface area contributed by atoms with E-state index in [1.807, 2.05) is 6.92 Å².